The molecule has 21 heavy (non-hydrogen) atoms. The number of methoxy groups -OCH3 is 2. The zero-order valence-corrected chi connectivity index (χ0v) is 12.2. The van der Waals surface area contributed by atoms with Crippen LogP contribution in [0.15, 0.2) is 12.1 Å². The molecule has 0 saturated carbocycles. The number of hydrogen-bond donors (Lipinski definition) is 1. The Kier molecular flexibility index (Phi) is 4.04. The lowest BCUT2D eigenvalue weighted by atomic mass is 10.1. The molecule has 1 aromatic heterocycles. The number of carbonyl (C=O) groups is 1. The second-order valence-electron chi connectivity index (χ2n) is 4.13. The molecule has 1 heterocycles. The van der Waals surface area contributed by atoms with Crippen molar-refractivity contribution in [2.24, 2.45) is 7.05 Å². The van der Waals surface area contributed by atoms with E-state index in [9.17, 15) is 9.18 Å². The molecule has 2 rings (SSSR count). The Morgan fingerprint density at radius 2 is 2.05 bits per heavy atom. The third kappa shape index (κ3) is 2.52. The lowest BCUT2D eigenvalue weighted by molar-refractivity contribution is 0.0689. The molecule has 0 aliphatic rings. The number of rotatable bonds is 4. The summed E-state index contributed by atoms with van der Waals surface area (Å²) in [6.45, 7) is 0. The SMILES string of the molecule is COc1cc(F)c(Cl)c(-c2cc(C(=O)O)nn2C)c1OC. The summed E-state index contributed by atoms with van der Waals surface area (Å²) in [6.07, 6.45) is 0. The zero-order valence-electron chi connectivity index (χ0n) is 11.5. The second kappa shape index (κ2) is 5.61. The van der Waals surface area contributed by atoms with Crippen LogP contribution >= 0.6 is 11.6 Å². The molecule has 0 atom stereocenters. The number of halogens is 2. The Labute approximate surface area is 124 Å². The number of ether oxygens (including phenoxy) is 2. The van der Waals surface area contributed by atoms with Crippen LogP contribution in [0.4, 0.5) is 4.39 Å². The van der Waals surface area contributed by atoms with E-state index in [-0.39, 0.29) is 27.8 Å². The molecular formula is C13H12ClFN2O4. The molecule has 112 valence electrons. The molecule has 1 aromatic carbocycles. The van der Waals surface area contributed by atoms with Gasteiger partial charge in [-0.1, -0.05) is 11.6 Å². The molecule has 0 fully saturated rings. The van der Waals surface area contributed by atoms with Gasteiger partial charge in [0.15, 0.2) is 17.2 Å². The summed E-state index contributed by atoms with van der Waals surface area (Å²) in [5, 5.41) is 12.6. The predicted molar refractivity (Wildman–Crippen MR) is 73.7 cm³/mol. The Hall–Kier alpha value is -2.28. The average Bonchev–Trinajstić information content (AvgIpc) is 2.83. The van der Waals surface area contributed by atoms with Gasteiger partial charge in [0, 0.05) is 13.1 Å². The third-order valence-corrected chi connectivity index (χ3v) is 3.29. The van der Waals surface area contributed by atoms with Gasteiger partial charge in [0.1, 0.15) is 5.82 Å². The first-order valence-electron chi connectivity index (χ1n) is 5.78. The summed E-state index contributed by atoms with van der Waals surface area (Å²) in [5.41, 5.74) is 0.291. The van der Waals surface area contributed by atoms with Crippen LogP contribution < -0.4 is 9.47 Å². The Balaban J connectivity index is 2.79. The third-order valence-electron chi connectivity index (χ3n) is 2.92. The molecule has 1 N–H and O–H groups in total. The standard InChI is InChI=1S/C13H12ClFN2O4/c1-17-8(5-7(16-17)13(18)19)10-11(14)6(15)4-9(20-2)12(10)21-3/h4-5H,1-3H3,(H,18,19). The van der Waals surface area contributed by atoms with Gasteiger partial charge >= 0.3 is 5.97 Å². The van der Waals surface area contributed by atoms with E-state index in [0.717, 1.165) is 6.07 Å². The van der Waals surface area contributed by atoms with E-state index < -0.39 is 11.8 Å². The predicted octanol–water partition coefficient (Wildman–Crippen LogP) is 2.60. The highest BCUT2D eigenvalue weighted by molar-refractivity contribution is 6.34. The topological polar surface area (TPSA) is 73.6 Å². The van der Waals surface area contributed by atoms with E-state index in [0.29, 0.717) is 5.69 Å². The van der Waals surface area contributed by atoms with Gasteiger partial charge in [0.25, 0.3) is 0 Å². The van der Waals surface area contributed by atoms with Gasteiger partial charge in [-0.25, -0.2) is 9.18 Å². The highest BCUT2D eigenvalue weighted by Gasteiger charge is 2.24. The molecule has 2 aromatic rings. The van der Waals surface area contributed by atoms with Crippen LogP contribution in [0.2, 0.25) is 5.02 Å². The minimum Gasteiger partial charge on any atom is -0.493 e. The molecule has 0 aliphatic carbocycles. The first kappa shape index (κ1) is 15.1. The first-order valence-corrected chi connectivity index (χ1v) is 6.16. The number of hydrogen-bond acceptors (Lipinski definition) is 4. The first-order chi connectivity index (χ1) is 9.90. The smallest absolute Gasteiger partial charge is 0.356 e. The van der Waals surface area contributed by atoms with E-state index in [4.69, 9.17) is 26.2 Å². The van der Waals surface area contributed by atoms with E-state index in [1.807, 2.05) is 0 Å². The van der Waals surface area contributed by atoms with Crippen LogP contribution in [0.25, 0.3) is 11.3 Å². The van der Waals surface area contributed by atoms with Crippen molar-refractivity contribution in [3.05, 3.63) is 28.7 Å². The van der Waals surface area contributed by atoms with E-state index in [1.165, 1.54) is 32.0 Å². The van der Waals surface area contributed by atoms with Gasteiger partial charge in [-0.2, -0.15) is 5.10 Å². The molecule has 0 spiro atoms. The van der Waals surface area contributed by atoms with Crippen LogP contribution in [0.3, 0.4) is 0 Å². The van der Waals surface area contributed by atoms with Crippen LogP contribution in [-0.4, -0.2) is 35.1 Å². The number of aromatic carboxylic acids is 1. The number of aromatic nitrogens is 2. The number of aryl methyl sites for hydroxylation is 1. The van der Waals surface area contributed by atoms with Gasteiger partial charge in [0.05, 0.1) is 30.5 Å². The maximum Gasteiger partial charge on any atom is 0.356 e. The fourth-order valence-electron chi connectivity index (χ4n) is 1.98. The lowest BCUT2D eigenvalue weighted by Crippen LogP contribution is -2.01. The quantitative estimate of drug-likeness (QED) is 0.939. The summed E-state index contributed by atoms with van der Waals surface area (Å²) >= 11 is 6.00. The lowest BCUT2D eigenvalue weighted by Gasteiger charge is -2.15. The van der Waals surface area contributed by atoms with Crippen molar-refractivity contribution in [1.82, 2.24) is 9.78 Å². The molecule has 0 saturated heterocycles. The van der Waals surface area contributed by atoms with Crippen molar-refractivity contribution in [2.75, 3.05) is 14.2 Å². The Bertz CT molecular complexity index is 715. The van der Waals surface area contributed by atoms with Crippen molar-refractivity contribution in [3.8, 4) is 22.8 Å². The minimum absolute atomic E-state index is 0.146. The largest absolute Gasteiger partial charge is 0.493 e. The van der Waals surface area contributed by atoms with Crippen molar-refractivity contribution < 1.29 is 23.8 Å². The minimum atomic E-state index is -1.20. The molecular weight excluding hydrogens is 303 g/mol. The number of nitrogens with zero attached hydrogens (tertiary/aromatic N) is 2. The fourth-order valence-corrected chi connectivity index (χ4v) is 2.21. The molecule has 0 aliphatic heterocycles. The highest BCUT2D eigenvalue weighted by atomic mass is 35.5. The fraction of sp³-hybridized carbons (Fsp3) is 0.231. The maximum atomic E-state index is 13.9. The second-order valence-corrected chi connectivity index (χ2v) is 4.50. The average molecular weight is 315 g/mol. The van der Waals surface area contributed by atoms with Crippen LogP contribution in [0.5, 0.6) is 11.5 Å². The van der Waals surface area contributed by atoms with Gasteiger partial charge in [0.2, 0.25) is 0 Å². The van der Waals surface area contributed by atoms with Gasteiger partial charge in [-0.3, -0.25) is 4.68 Å². The summed E-state index contributed by atoms with van der Waals surface area (Å²) in [7, 11) is 4.26. The normalized spacial score (nSPS) is 10.5. The monoisotopic (exact) mass is 314 g/mol. The summed E-state index contributed by atoms with van der Waals surface area (Å²) in [4.78, 5) is 11.0. The van der Waals surface area contributed by atoms with E-state index in [1.54, 1.807) is 0 Å². The number of carboxylic acid groups (broad SMARTS) is 1. The molecule has 6 nitrogen and oxygen atoms in total. The molecule has 0 bridgehead atoms. The molecule has 0 unspecified atom stereocenters. The van der Waals surface area contributed by atoms with Gasteiger partial charge in [-0.15, -0.1) is 0 Å². The zero-order chi connectivity index (χ0) is 15.7. The highest BCUT2D eigenvalue weighted by Crippen LogP contribution is 2.44. The van der Waals surface area contributed by atoms with Crippen molar-refractivity contribution in [3.63, 3.8) is 0 Å². The Morgan fingerprint density at radius 1 is 1.38 bits per heavy atom. The number of benzene rings is 1. The van der Waals surface area contributed by atoms with Crippen LogP contribution in [0.1, 0.15) is 10.5 Å². The maximum absolute atomic E-state index is 13.9. The summed E-state index contributed by atoms with van der Waals surface area (Å²) < 4.78 is 25.5. The molecule has 0 radical (unpaired) electrons. The summed E-state index contributed by atoms with van der Waals surface area (Å²) in [5.74, 6) is -1.56. The van der Waals surface area contributed by atoms with Crippen LogP contribution in [0, 0.1) is 5.82 Å². The molecule has 0 amide bonds. The van der Waals surface area contributed by atoms with Crippen molar-refractivity contribution in [1.29, 1.82) is 0 Å². The van der Waals surface area contributed by atoms with E-state index in [2.05, 4.69) is 5.10 Å². The van der Waals surface area contributed by atoms with Crippen molar-refractivity contribution in [2.45, 2.75) is 0 Å². The van der Waals surface area contributed by atoms with E-state index >= 15 is 0 Å². The molecule has 8 heteroatoms. The van der Waals surface area contributed by atoms with Crippen LogP contribution in [-0.2, 0) is 7.05 Å². The van der Waals surface area contributed by atoms with Gasteiger partial charge in [-0.05, 0) is 6.07 Å². The van der Waals surface area contributed by atoms with Gasteiger partial charge < -0.3 is 14.6 Å². The summed E-state index contributed by atoms with van der Waals surface area (Å²) in [6, 6.07) is 2.38. The Morgan fingerprint density at radius 3 is 2.52 bits per heavy atom. The van der Waals surface area contributed by atoms with Crippen molar-refractivity contribution >= 4 is 17.6 Å². The number of carboxylic acids is 1.